The molecule has 0 aliphatic carbocycles. The fourth-order valence-electron chi connectivity index (χ4n) is 4.62. The van der Waals surface area contributed by atoms with Gasteiger partial charge < -0.3 is 10.2 Å². The van der Waals surface area contributed by atoms with E-state index in [0.717, 1.165) is 13.0 Å². The Bertz CT molecular complexity index is 1060. The fraction of sp³-hybridized carbons (Fsp3) is 0.440. The van der Waals surface area contributed by atoms with E-state index in [9.17, 15) is 35.9 Å². The van der Waals surface area contributed by atoms with Crippen LogP contribution in [0, 0.1) is 0 Å². The van der Waals surface area contributed by atoms with E-state index in [1.165, 1.54) is 4.90 Å². The third-order valence-corrected chi connectivity index (χ3v) is 6.53. The molecule has 0 aromatic heterocycles. The zero-order valence-corrected chi connectivity index (χ0v) is 19.3. The number of imide groups is 1. The highest BCUT2D eigenvalue weighted by atomic mass is 19.4. The van der Waals surface area contributed by atoms with E-state index < -0.39 is 23.5 Å². The van der Waals surface area contributed by atoms with Crippen molar-refractivity contribution in [2.75, 3.05) is 31.5 Å². The Hall–Kier alpha value is -3.08. The number of nitrogens with zero attached hydrogens (tertiary/aromatic N) is 2. The van der Waals surface area contributed by atoms with Gasteiger partial charge in [-0.2, -0.15) is 26.3 Å². The van der Waals surface area contributed by atoms with Gasteiger partial charge in [0.2, 0.25) is 0 Å². The Balaban J connectivity index is 1.24. The first kappa shape index (κ1) is 26.0. The van der Waals surface area contributed by atoms with Crippen LogP contribution in [0.25, 0.3) is 0 Å². The number of carbonyl (C=O) groups is 2. The standard InChI is InChI=1S/C25H25F6N3O2/c26-24(27,28)16-13-17(25(29,30)31)15-19(14-16)32-18-7-11-33(12-8-18)9-3-4-10-34-22(35)20-5-1-2-6-21(20)23(34)36/h1-2,5-6,13-15,18,32H,3-4,7-12H2. The lowest BCUT2D eigenvalue weighted by molar-refractivity contribution is -0.143. The molecular weight excluding hydrogens is 488 g/mol. The predicted molar refractivity (Wildman–Crippen MR) is 121 cm³/mol. The second-order valence-electron chi connectivity index (χ2n) is 9.07. The lowest BCUT2D eigenvalue weighted by Gasteiger charge is -2.33. The van der Waals surface area contributed by atoms with Crippen molar-refractivity contribution in [3.05, 3.63) is 64.7 Å². The van der Waals surface area contributed by atoms with Gasteiger partial charge in [-0.3, -0.25) is 14.5 Å². The molecule has 2 aliphatic heterocycles. The molecule has 1 N–H and O–H groups in total. The number of rotatable bonds is 7. The summed E-state index contributed by atoms with van der Waals surface area (Å²) in [5.74, 6) is -0.573. The highest BCUT2D eigenvalue weighted by Crippen LogP contribution is 2.38. The lowest BCUT2D eigenvalue weighted by atomic mass is 10.0. The van der Waals surface area contributed by atoms with E-state index in [2.05, 4.69) is 10.2 Å². The third kappa shape index (κ3) is 5.83. The van der Waals surface area contributed by atoms with Crippen molar-refractivity contribution in [1.82, 2.24) is 9.80 Å². The normalized spacial score (nSPS) is 17.6. The average Bonchev–Trinajstić information content (AvgIpc) is 3.06. The number of fused-ring (bicyclic) bond motifs is 1. The topological polar surface area (TPSA) is 52.7 Å². The van der Waals surface area contributed by atoms with Gasteiger partial charge in [0.05, 0.1) is 22.3 Å². The van der Waals surface area contributed by atoms with E-state index in [-0.39, 0.29) is 29.6 Å². The molecule has 4 rings (SSSR count). The van der Waals surface area contributed by atoms with Gasteiger partial charge in [0.25, 0.3) is 11.8 Å². The fourth-order valence-corrected chi connectivity index (χ4v) is 4.62. The zero-order chi connectivity index (χ0) is 26.1. The lowest BCUT2D eigenvalue weighted by Crippen LogP contribution is -2.39. The molecule has 1 fully saturated rings. The van der Waals surface area contributed by atoms with Crippen molar-refractivity contribution >= 4 is 17.5 Å². The summed E-state index contributed by atoms with van der Waals surface area (Å²) in [6.07, 6.45) is -7.25. The van der Waals surface area contributed by atoms with Gasteiger partial charge >= 0.3 is 12.4 Å². The minimum atomic E-state index is -4.88. The van der Waals surface area contributed by atoms with Crippen LogP contribution < -0.4 is 5.32 Å². The van der Waals surface area contributed by atoms with E-state index in [4.69, 9.17) is 0 Å². The molecule has 0 bridgehead atoms. The van der Waals surface area contributed by atoms with Crippen LogP contribution in [0.4, 0.5) is 32.0 Å². The Labute approximate surface area is 204 Å². The summed E-state index contributed by atoms with van der Waals surface area (Å²) in [6.45, 7) is 2.31. The van der Waals surface area contributed by atoms with Crippen molar-refractivity contribution in [3.63, 3.8) is 0 Å². The Morgan fingerprint density at radius 3 is 1.78 bits per heavy atom. The summed E-state index contributed by atoms with van der Waals surface area (Å²) in [6, 6.07) is 8.00. The van der Waals surface area contributed by atoms with Crippen molar-refractivity contribution in [3.8, 4) is 0 Å². The van der Waals surface area contributed by atoms with Crippen molar-refractivity contribution in [2.24, 2.45) is 0 Å². The van der Waals surface area contributed by atoms with Crippen LogP contribution >= 0.6 is 0 Å². The first-order chi connectivity index (χ1) is 16.9. The molecular formula is C25H25F6N3O2. The number of alkyl halides is 6. The molecule has 2 aromatic rings. The Morgan fingerprint density at radius 1 is 0.778 bits per heavy atom. The van der Waals surface area contributed by atoms with E-state index in [1.807, 2.05) is 0 Å². The monoisotopic (exact) mass is 513 g/mol. The molecule has 2 aliphatic rings. The van der Waals surface area contributed by atoms with E-state index in [1.54, 1.807) is 24.3 Å². The molecule has 5 nitrogen and oxygen atoms in total. The van der Waals surface area contributed by atoms with Gasteiger partial charge in [-0.05, 0) is 62.6 Å². The van der Waals surface area contributed by atoms with Gasteiger partial charge in [0.15, 0.2) is 0 Å². The first-order valence-electron chi connectivity index (χ1n) is 11.7. The summed E-state index contributed by atoms with van der Waals surface area (Å²) in [4.78, 5) is 28.2. The molecule has 0 spiro atoms. The number of halogens is 6. The van der Waals surface area contributed by atoms with Crippen molar-refractivity contribution in [2.45, 2.75) is 44.1 Å². The van der Waals surface area contributed by atoms with E-state index >= 15 is 0 Å². The number of anilines is 1. The number of benzene rings is 2. The largest absolute Gasteiger partial charge is 0.416 e. The minimum absolute atomic E-state index is 0.121. The van der Waals surface area contributed by atoms with Crippen LogP contribution in [0.2, 0.25) is 0 Å². The predicted octanol–water partition coefficient (Wildman–Crippen LogP) is 5.68. The second-order valence-corrected chi connectivity index (χ2v) is 9.07. The van der Waals surface area contributed by atoms with Crippen LogP contribution in [-0.2, 0) is 12.4 Å². The minimum Gasteiger partial charge on any atom is -0.382 e. The van der Waals surface area contributed by atoms with Crippen LogP contribution in [0.5, 0.6) is 0 Å². The summed E-state index contributed by atoms with van der Waals surface area (Å²) >= 11 is 0. The van der Waals surface area contributed by atoms with Gasteiger partial charge in [0.1, 0.15) is 0 Å². The number of unbranched alkanes of at least 4 members (excludes halogenated alkanes) is 1. The van der Waals surface area contributed by atoms with Crippen molar-refractivity contribution in [1.29, 1.82) is 0 Å². The average molecular weight is 513 g/mol. The quantitative estimate of drug-likeness (QED) is 0.294. The number of nitrogens with one attached hydrogen (secondary N) is 1. The number of likely N-dealkylation sites (tertiary alicyclic amines) is 1. The Kier molecular flexibility index (Phi) is 7.31. The number of hydrogen-bond acceptors (Lipinski definition) is 4. The SMILES string of the molecule is O=C1c2ccccc2C(=O)N1CCCCN1CCC(Nc2cc(C(F)(F)F)cc(C(F)(F)F)c2)CC1. The van der Waals surface area contributed by atoms with Crippen LogP contribution in [-0.4, -0.2) is 53.8 Å². The van der Waals surface area contributed by atoms with Crippen LogP contribution in [0.3, 0.4) is 0 Å². The maximum Gasteiger partial charge on any atom is 0.416 e. The molecule has 0 unspecified atom stereocenters. The summed E-state index contributed by atoms with van der Waals surface area (Å²) in [5.41, 5.74) is -2.04. The van der Waals surface area contributed by atoms with Crippen LogP contribution in [0.15, 0.2) is 42.5 Å². The summed E-state index contributed by atoms with van der Waals surface area (Å²) in [7, 11) is 0. The number of carbonyl (C=O) groups excluding carboxylic acids is 2. The molecule has 2 amide bonds. The van der Waals surface area contributed by atoms with Gasteiger partial charge in [-0.1, -0.05) is 12.1 Å². The molecule has 194 valence electrons. The number of piperidine rings is 1. The van der Waals surface area contributed by atoms with Crippen molar-refractivity contribution < 1.29 is 35.9 Å². The molecule has 2 aromatic carbocycles. The van der Waals surface area contributed by atoms with Gasteiger partial charge in [0, 0.05) is 31.4 Å². The maximum atomic E-state index is 13.1. The van der Waals surface area contributed by atoms with Crippen LogP contribution in [0.1, 0.15) is 57.5 Å². The second kappa shape index (κ2) is 10.1. The molecule has 0 radical (unpaired) electrons. The number of hydrogen-bond donors (Lipinski definition) is 1. The Morgan fingerprint density at radius 2 is 1.28 bits per heavy atom. The maximum absolute atomic E-state index is 13.1. The zero-order valence-electron chi connectivity index (χ0n) is 19.3. The third-order valence-electron chi connectivity index (χ3n) is 6.53. The molecule has 0 saturated carbocycles. The molecule has 2 heterocycles. The van der Waals surface area contributed by atoms with E-state index in [0.29, 0.717) is 62.2 Å². The van der Waals surface area contributed by atoms with Gasteiger partial charge in [-0.15, -0.1) is 0 Å². The molecule has 1 saturated heterocycles. The van der Waals surface area contributed by atoms with Gasteiger partial charge in [-0.25, -0.2) is 0 Å². The summed E-state index contributed by atoms with van der Waals surface area (Å²) in [5, 5.41) is 2.84. The highest BCUT2D eigenvalue weighted by Gasteiger charge is 2.37. The smallest absolute Gasteiger partial charge is 0.382 e. The molecule has 0 atom stereocenters. The highest BCUT2D eigenvalue weighted by molar-refractivity contribution is 6.21. The summed E-state index contributed by atoms with van der Waals surface area (Å²) < 4.78 is 78.5. The molecule has 36 heavy (non-hydrogen) atoms. The molecule has 11 heteroatoms. The number of amides is 2. The first-order valence-corrected chi connectivity index (χ1v) is 11.7.